The summed E-state index contributed by atoms with van der Waals surface area (Å²) in [5, 5.41) is 8.17. The van der Waals surface area contributed by atoms with Crippen molar-refractivity contribution in [3.8, 4) is 0 Å². The largest absolute Gasteiger partial charge is 0.342 e. The molecule has 0 unspecified atom stereocenters. The van der Waals surface area contributed by atoms with Gasteiger partial charge in [0.1, 0.15) is 0 Å². The molecule has 3 heteroatoms. The zero-order valence-corrected chi connectivity index (χ0v) is 7.08. The SMILES string of the molecule is O=C(CC12CCC(CC1)C2)OO. The molecule has 2 aliphatic rings. The second-order valence-corrected chi connectivity index (χ2v) is 4.29. The van der Waals surface area contributed by atoms with Crippen LogP contribution in [0.5, 0.6) is 0 Å². The number of fused-ring (bicyclic) bond motifs is 2. The third-order valence-electron chi connectivity index (χ3n) is 3.51. The van der Waals surface area contributed by atoms with E-state index in [-0.39, 0.29) is 5.41 Å². The molecule has 0 heterocycles. The van der Waals surface area contributed by atoms with E-state index in [4.69, 9.17) is 5.26 Å². The van der Waals surface area contributed by atoms with Gasteiger partial charge in [0.05, 0.1) is 6.42 Å². The summed E-state index contributed by atoms with van der Waals surface area (Å²) in [5.41, 5.74) is 0.199. The zero-order chi connectivity index (χ0) is 8.60. The quantitative estimate of drug-likeness (QED) is 0.509. The van der Waals surface area contributed by atoms with E-state index in [1.807, 2.05) is 0 Å². The molecule has 2 bridgehead atoms. The van der Waals surface area contributed by atoms with E-state index >= 15 is 0 Å². The first-order valence-electron chi connectivity index (χ1n) is 4.58. The van der Waals surface area contributed by atoms with Gasteiger partial charge in [-0.25, -0.2) is 4.79 Å². The van der Waals surface area contributed by atoms with Crippen molar-refractivity contribution in [1.82, 2.24) is 0 Å². The summed E-state index contributed by atoms with van der Waals surface area (Å²) in [6, 6.07) is 0. The molecule has 2 fully saturated rings. The van der Waals surface area contributed by atoms with Crippen LogP contribution in [-0.2, 0) is 9.68 Å². The number of hydrogen-bond acceptors (Lipinski definition) is 3. The van der Waals surface area contributed by atoms with Gasteiger partial charge in [0.2, 0.25) is 0 Å². The Morgan fingerprint density at radius 3 is 2.58 bits per heavy atom. The van der Waals surface area contributed by atoms with Crippen molar-refractivity contribution < 1.29 is 14.9 Å². The van der Waals surface area contributed by atoms with Crippen molar-refractivity contribution in [2.24, 2.45) is 11.3 Å². The summed E-state index contributed by atoms with van der Waals surface area (Å²) in [7, 11) is 0. The maximum Gasteiger partial charge on any atom is 0.342 e. The lowest BCUT2D eigenvalue weighted by atomic mass is 9.81. The predicted molar refractivity (Wildman–Crippen MR) is 42.3 cm³/mol. The fourth-order valence-corrected chi connectivity index (χ4v) is 2.90. The van der Waals surface area contributed by atoms with E-state index in [2.05, 4.69) is 4.89 Å². The first kappa shape index (κ1) is 8.05. The van der Waals surface area contributed by atoms with Crippen molar-refractivity contribution >= 4 is 5.97 Å². The average Bonchev–Trinajstić information content (AvgIpc) is 2.63. The highest BCUT2D eigenvalue weighted by Gasteiger charge is 2.46. The Balaban J connectivity index is 1.98. The topological polar surface area (TPSA) is 46.5 Å². The summed E-state index contributed by atoms with van der Waals surface area (Å²) in [6.07, 6.45) is 6.40. The summed E-state index contributed by atoms with van der Waals surface area (Å²) < 4.78 is 0. The van der Waals surface area contributed by atoms with Crippen LogP contribution in [0.2, 0.25) is 0 Å². The van der Waals surface area contributed by atoms with Crippen LogP contribution in [0.3, 0.4) is 0 Å². The molecule has 1 N–H and O–H groups in total. The van der Waals surface area contributed by atoms with E-state index in [1.54, 1.807) is 0 Å². The van der Waals surface area contributed by atoms with E-state index in [0.29, 0.717) is 6.42 Å². The molecule has 12 heavy (non-hydrogen) atoms. The minimum atomic E-state index is -0.461. The van der Waals surface area contributed by atoms with Gasteiger partial charge in [0.15, 0.2) is 0 Å². The second-order valence-electron chi connectivity index (χ2n) is 4.29. The molecule has 0 amide bonds. The number of carbonyl (C=O) groups is 1. The molecule has 0 atom stereocenters. The van der Waals surface area contributed by atoms with Gasteiger partial charge in [-0.1, -0.05) is 0 Å². The molecule has 0 aromatic heterocycles. The Morgan fingerprint density at radius 1 is 1.50 bits per heavy atom. The fourth-order valence-electron chi connectivity index (χ4n) is 2.90. The molecular formula is C9H14O3. The Bertz CT molecular complexity index is 192. The van der Waals surface area contributed by atoms with Crippen molar-refractivity contribution in [2.45, 2.75) is 38.5 Å². The summed E-state index contributed by atoms with van der Waals surface area (Å²) in [5.74, 6) is 0.383. The minimum absolute atomic E-state index is 0.199. The number of hydrogen-bond donors (Lipinski definition) is 1. The van der Waals surface area contributed by atoms with Crippen molar-refractivity contribution in [1.29, 1.82) is 0 Å². The van der Waals surface area contributed by atoms with Crippen LogP contribution in [0.15, 0.2) is 0 Å². The van der Waals surface area contributed by atoms with E-state index < -0.39 is 5.97 Å². The fraction of sp³-hybridized carbons (Fsp3) is 0.889. The highest BCUT2D eigenvalue weighted by Crippen LogP contribution is 2.55. The molecule has 0 aromatic rings. The van der Waals surface area contributed by atoms with Gasteiger partial charge in [-0.15, -0.1) is 0 Å². The zero-order valence-electron chi connectivity index (χ0n) is 7.08. The smallest absolute Gasteiger partial charge is 0.301 e. The summed E-state index contributed by atoms with van der Waals surface area (Å²) >= 11 is 0. The first-order valence-corrected chi connectivity index (χ1v) is 4.58. The van der Waals surface area contributed by atoms with E-state index in [9.17, 15) is 4.79 Å². The van der Waals surface area contributed by atoms with Crippen LogP contribution in [-0.4, -0.2) is 11.2 Å². The Labute approximate surface area is 71.6 Å². The molecular weight excluding hydrogens is 156 g/mol. The lowest BCUT2D eigenvalue weighted by molar-refractivity contribution is -0.236. The molecule has 68 valence electrons. The Hall–Kier alpha value is -0.570. The van der Waals surface area contributed by atoms with Crippen LogP contribution >= 0.6 is 0 Å². The second kappa shape index (κ2) is 2.73. The summed E-state index contributed by atoms with van der Waals surface area (Å²) in [6.45, 7) is 0. The van der Waals surface area contributed by atoms with Crippen LogP contribution in [0, 0.1) is 11.3 Å². The van der Waals surface area contributed by atoms with Gasteiger partial charge in [-0.3, -0.25) is 0 Å². The van der Waals surface area contributed by atoms with Crippen molar-refractivity contribution in [3.63, 3.8) is 0 Å². The number of carbonyl (C=O) groups excluding carboxylic acids is 1. The van der Waals surface area contributed by atoms with Gasteiger partial charge < -0.3 is 4.89 Å². The molecule has 0 aromatic carbocycles. The third-order valence-corrected chi connectivity index (χ3v) is 3.51. The van der Waals surface area contributed by atoms with Crippen LogP contribution in [0.25, 0.3) is 0 Å². The highest BCUT2D eigenvalue weighted by atomic mass is 17.1. The number of rotatable bonds is 2. The molecule has 3 nitrogen and oxygen atoms in total. The van der Waals surface area contributed by atoms with Crippen LogP contribution in [0.1, 0.15) is 38.5 Å². The Kier molecular flexibility index (Phi) is 1.83. The Morgan fingerprint density at radius 2 is 2.17 bits per heavy atom. The van der Waals surface area contributed by atoms with Crippen LogP contribution < -0.4 is 0 Å². The molecule has 0 aliphatic heterocycles. The highest BCUT2D eigenvalue weighted by molar-refractivity contribution is 5.69. The van der Waals surface area contributed by atoms with Gasteiger partial charge in [-0.05, 0) is 43.4 Å². The van der Waals surface area contributed by atoms with Crippen molar-refractivity contribution in [2.75, 3.05) is 0 Å². The molecule has 2 aliphatic carbocycles. The van der Waals surface area contributed by atoms with Gasteiger partial charge in [-0.2, -0.15) is 5.26 Å². The lowest BCUT2D eigenvalue weighted by Crippen LogP contribution is -2.19. The maximum absolute atomic E-state index is 10.9. The normalized spacial score (nSPS) is 38.6. The molecule has 2 rings (SSSR count). The van der Waals surface area contributed by atoms with E-state index in [0.717, 1.165) is 18.8 Å². The standard InChI is InChI=1S/C9H14O3/c10-8(12-11)6-9-3-1-7(5-9)2-4-9/h7,11H,1-6H2. The average molecular weight is 170 g/mol. The first-order chi connectivity index (χ1) is 5.74. The minimum Gasteiger partial charge on any atom is -0.301 e. The molecule has 2 saturated carbocycles. The monoisotopic (exact) mass is 170 g/mol. The van der Waals surface area contributed by atoms with Gasteiger partial charge in [0, 0.05) is 0 Å². The third kappa shape index (κ3) is 1.22. The molecule has 0 saturated heterocycles. The van der Waals surface area contributed by atoms with Crippen molar-refractivity contribution in [3.05, 3.63) is 0 Å². The van der Waals surface area contributed by atoms with E-state index in [1.165, 1.54) is 19.3 Å². The molecule has 0 radical (unpaired) electrons. The summed E-state index contributed by atoms with van der Waals surface area (Å²) in [4.78, 5) is 14.6. The van der Waals surface area contributed by atoms with Gasteiger partial charge >= 0.3 is 5.97 Å². The van der Waals surface area contributed by atoms with Crippen LogP contribution in [0.4, 0.5) is 0 Å². The molecule has 0 spiro atoms. The maximum atomic E-state index is 10.9. The van der Waals surface area contributed by atoms with Gasteiger partial charge in [0.25, 0.3) is 0 Å². The lowest BCUT2D eigenvalue weighted by Gasteiger charge is -2.23. The predicted octanol–water partition coefficient (Wildman–Crippen LogP) is 1.97.